The Morgan fingerprint density at radius 3 is 2.73 bits per heavy atom. The van der Waals surface area contributed by atoms with Gasteiger partial charge in [-0.1, -0.05) is 6.92 Å². The molecule has 0 aliphatic heterocycles. The summed E-state index contributed by atoms with van der Waals surface area (Å²) in [4.78, 5) is 18.7. The first-order chi connectivity index (χ1) is 7.17. The lowest BCUT2D eigenvalue weighted by Crippen LogP contribution is -2.05. The molecule has 4 nitrogen and oxygen atoms in total. The van der Waals surface area contributed by atoms with E-state index in [1.54, 1.807) is 0 Å². The van der Waals surface area contributed by atoms with E-state index in [1.807, 2.05) is 20.8 Å². The third-order valence-corrected chi connectivity index (χ3v) is 2.25. The van der Waals surface area contributed by atoms with E-state index < -0.39 is 0 Å². The van der Waals surface area contributed by atoms with Crippen LogP contribution in [-0.4, -0.2) is 22.5 Å². The summed E-state index contributed by atoms with van der Waals surface area (Å²) < 4.78 is 4.86. The highest BCUT2D eigenvalue weighted by Gasteiger charge is 2.08. The van der Waals surface area contributed by atoms with Crippen LogP contribution in [0.15, 0.2) is 0 Å². The normalized spacial score (nSPS) is 10.3. The van der Waals surface area contributed by atoms with Crippen LogP contribution < -0.4 is 0 Å². The summed E-state index contributed by atoms with van der Waals surface area (Å²) in [5.74, 6) is 0.830. The van der Waals surface area contributed by atoms with E-state index in [1.165, 1.54) is 0 Å². The molecule has 0 amide bonds. The Kier molecular flexibility index (Phi) is 4.34. The summed E-state index contributed by atoms with van der Waals surface area (Å²) in [7, 11) is 0. The molecule has 1 rings (SSSR count). The first-order valence-corrected chi connectivity index (χ1v) is 5.37. The van der Waals surface area contributed by atoms with Crippen molar-refractivity contribution in [1.29, 1.82) is 0 Å². The van der Waals surface area contributed by atoms with E-state index >= 15 is 0 Å². The minimum atomic E-state index is -0.149. The molecule has 0 unspecified atom stereocenters. The van der Waals surface area contributed by atoms with Crippen LogP contribution in [0.1, 0.15) is 37.5 Å². The van der Waals surface area contributed by atoms with Gasteiger partial charge in [0.2, 0.25) is 0 Å². The number of carbonyl (C=O) groups is 1. The number of esters is 1. The lowest BCUT2D eigenvalue weighted by molar-refractivity contribution is -0.143. The zero-order chi connectivity index (χ0) is 11.3. The summed E-state index contributed by atoms with van der Waals surface area (Å²) in [5, 5.41) is 0. The third-order valence-electron chi connectivity index (χ3n) is 2.25. The Bertz CT molecular complexity index is 331. The standard InChI is InChI=1S/C11H18N2O2/c1-4-10-12-8(3)9(13-10)6-7-11(14)15-5-2/h4-7H2,1-3H3,(H,12,13). The predicted octanol–water partition coefficient (Wildman–Crippen LogP) is 1.78. The fourth-order valence-electron chi connectivity index (χ4n) is 1.43. The second-order valence-electron chi connectivity index (χ2n) is 3.41. The highest BCUT2D eigenvalue weighted by atomic mass is 16.5. The largest absolute Gasteiger partial charge is 0.466 e. The molecule has 1 N–H and O–H groups in total. The topological polar surface area (TPSA) is 55.0 Å². The van der Waals surface area contributed by atoms with Crippen molar-refractivity contribution in [2.45, 2.75) is 40.0 Å². The Labute approximate surface area is 90.1 Å². The fraction of sp³-hybridized carbons (Fsp3) is 0.636. The third kappa shape index (κ3) is 3.38. The molecule has 15 heavy (non-hydrogen) atoms. The summed E-state index contributed by atoms with van der Waals surface area (Å²) in [6.45, 7) is 6.26. The second-order valence-corrected chi connectivity index (χ2v) is 3.41. The quantitative estimate of drug-likeness (QED) is 0.754. The van der Waals surface area contributed by atoms with Gasteiger partial charge < -0.3 is 9.72 Å². The number of rotatable bonds is 5. The van der Waals surface area contributed by atoms with Gasteiger partial charge in [0.25, 0.3) is 0 Å². The van der Waals surface area contributed by atoms with E-state index in [2.05, 4.69) is 9.97 Å². The summed E-state index contributed by atoms with van der Waals surface area (Å²) >= 11 is 0. The number of imidazole rings is 1. The minimum Gasteiger partial charge on any atom is -0.466 e. The van der Waals surface area contributed by atoms with Crippen LogP contribution in [0.25, 0.3) is 0 Å². The van der Waals surface area contributed by atoms with Crippen molar-refractivity contribution in [2.75, 3.05) is 6.61 Å². The van der Waals surface area contributed by atoms with Crippen molar-refractivity contribution in [1.82, 2.24) is 9.97 Å². The number of aromatic amines is 1. The van der Waals surface area contributed by atoms with E-state index in [0.717, 1.165) is 23.6 Å². The number of nitrogens with one attached hydrogen (secondary N) is 1. The summed E-state index contributed by atoms with van der Waals surface area (Å²) in [6.07, 6.45) is 1.98. The Morgan fingerprint density at radius 2 is 2.20 bits per heavy atom. The van der Waals surface area contributed by atoms with Crippen molar-refractivity contribution in [3.63, 3.8) is 0 Å². The predicted molar refractivity (Wildman–Crippen MR) is 57.7 cm³/mol. The van der Waals surface area contributed by atoms with Gasteiger partial charge >= 0.3 is 5.97 Å². The summed E-state index contributed by atoms with van der Waals surface area (Å²) in [5.41, 5.74) is 2.02. The van der Waals surface area contributed by atoms with Gasteiger partial charge in [-0.3, -0.25) is 4.79 Å². The molecule has 0 fully saturated rings. The molecule has 4 heteroatoms. The number of ether oxygens (including phenoxy) is 1. The van der Waals surface area contributed by atoms with Gasteiger partial charge in [0.1, 0.15) is 5.82 Å². The maximum absolute atomic E-state index is 11.1. The van der Waals surface area contributed by atoms with Gasteiger partial charge in [-0.05, 0) is 20.3 Å². The van der Waals surface area contributed by atoms with Crippen molar-refractivity contribution in [3.05, 3.63) is 17.2 Å². The van der Waals surface area contributed by atoms with Gasteiger partial charge in [-0.2, -0.15) is 0 Å². The van der Waals surface area contributed by atoms with Crippen molar-refractivity contribution in [3.8, 4) is 0 Å². The molecule has 1 aromatic rings. The Hall–Kier alpha value is -1.32. The number of H-pyrrole nitrogens is 1. The molecule has 0 saturated heterocycles. The number of carbonyl (C=O) groups excluding carboxylic acids is 1. The number of aryl methyl sites for hydroxylation is 3. The molecule has 0 aliphatic rings. The Balaban J connectivity index is 2.49. The van der Waals surface area contributed by atoms with Crippen LogP contribution >= 0.6 is 0 Å². The molecule has 0 spiro atoms. The molecule has 0 saturated carbocycles. The highest BCUT2D eigenvalue weighted by Crippen LogP contribution is 2.08. The maximum atomic E-state index is 11.1. The Morgan fingerprint density at radius 1 is 1.47 bits per heavy atom. The van der Waals surface area contributed by atoms with Gasteiger partial charge in [0.05, 0.1) is 18.7 Å². The molecular formula is C11H18N2O2. The average molecular weight is 210 g/mol. The molecule has 0 bridgehead atoms. The van der Waals surface area contributed by atoms with Gasteiger partial charge in [-0.15, -0.1) is 0 Å². The lowest BCUT2D eigenvalue weighted by Gasteiger charge is -2.00. The highest BCUT2D eigenvalue weighted by molar-refractivity contribution is 5.69. The first-order valence-electron chi connectivity index (χ1n) is 5.37. The average Bonchev–Trinajstić information content (AvgIpc) is 2.57. The fourth-order valence-corrected chi connectivity index (χ4v) is 1.43. The van der Waals surface area contributed by atoms with Crippen LogP contribution in [0.3, 0.4) is 0 Å². The van der Waals surface area contributed by atoms with E-state index in [9.17, 15) is 4.79 Å². The van der Waals surface area contributed by atoms with Crippen LogP contribution in [0.5, 0.6) is 0 Å². The monoisotopic (exact) mass is 210 g/mol. The smallest absolute Gasteiger partial charge is 0.306 e. The minimum absolute atomic E-state index is 0.149. The van der Waals surface area contributed by atoms with Crippen molar-refractivity contribution < 1.29 is 9.53 Å². The zero-order valence-corrected chi connectivity index (χ0v) is 9.59. The molecule has 0 aliphatic carbocycles. The molecule has 1 heterocycles. The van der Waals surface area contributed by atoms with E-state index in [4.69, 9.17) is 4.74 Å². The summed E-state index contributed by atoms with van der Waals surface area (Å²) in [6, 6.07) is 0. The molecule has 0 atom stereocenters. The number of aromatic nitrogens is 2. The van der Waals surface area contributed by atoms with Crippen LogP contribution in [-0.2, 0) is 22.4 Å². The number of hydrogen-bond donors (Lipinski definition) is 1. The maximum Gasteiger partial charge on any atom is 0.306 e. The number of hydrogen-bond acceptors (Lipinski definition) is 3. The van der Waals surface area contributed by atoms with E-state index in [0.29, 0.717) is 19.4 Å². The molecule has 0 aromatic carbocycles. The lowest BCUT2D eigenvalue weighted by atomic mass is 10.2. The van der Waals surface area contributed by atoms with Gasteiger partial charge in [-0.25, -0.2) is 4.98 Å². The molecule has 84 valence electrons. The molecule has 0 radical (unpaired) electrons. The van der Waals surface area contributed by atoms with Crippen LogP contribution in [0.4, 0.5) is 0 Å². The molecule has 1 aromatic heterocycles. The van der Waals surface area contributed by atoms with Crippen LogP contribution in [0, 0.1) is 6.92 Å². The van der Waals surface area contributed by atoms with Crippen molar-refractivity contribution in [2.24, 2.45) is 0 Å². The van der Waals surface area contributed by atoms with Crippen LogP contribution in [0.2, 0.25) is 0 Å². The zero-order valence-electron chi connectivity index (χ0n) is 9.59. The van der Waals surface area contributed by atoms with Gasteiger partial charge in [0, 0.05) is 12.1 Å². The number of nitrogens with zero attached hydrogens (tertiary/aromatic N) is 1. The second kappa shape index (κ2) is 5.53. The van der Waals surface area contributed by atoms with Crippen molar-refractivity contribution >= 4 is 5.97 Å². The SMILES string of the molecule is CCOC(=O)CCc1[nH]c(CC)nc1C. The van der Waals surface area contributed by atoms with E-state index in [-0.39, 0.29) is 5.97 Å². The first kappa shape index (κ1) is 11.8. The van der Waals surface area contributed by atoms with Gasteiger partial charge in [0.15, 0.2) is 0 Å². The molecular weight excluding hydrogens is 192 g/mol.